The van der Waals surface area contributed by atoms with Gasteiger partial charge in [-0.05, 0) is 25.1 Å². The second kappa shape index (κ2) is 5.65. The molecule has 7 heteroatoms. The summed E-state index contributed by atoms with van der Waals surface area (Å²) in [6, 6.07) is 8.60. The van der Waals surface area contributed by atoms with E-state index >= 15 is 0 Å². The van der Waals surface area contributed by atoms with Crippen molar-refractivity contribution in [2.24, 2.45) is 0 Å². The molecule has 1 N–H and O–H groups in total. The van der Waals surface area contributed by atoms with Crippen LogP contribution in [0, 0.1) is 11.3 Å². The second-order valence-electron chi connectivity index (χ2n) is 5.78. The number of aromatic carboxylic acids is 1. The molecule has 1 aliphatic rings. The summed E-state index contributed by atoms with van der Waals surface area (Å²) in [7, 11) is 0. The molecule has 0 aliphatic carbocycles. The average molecular weight is 355 g/mol. The van der Waals surface area contributed by atoms with E-state index in [1.165, 1.54) is 11.9 Å². The first-order valence-corrected chi connectivity index (χ1v) is 9.41. The molecular formula is C17H13N3O2S2. The van der Waals surface area contributed by atoms with E-state index in [0.29, 0.717) is 16.6 Å². The number of aromatic nitrogens is 2. The third-order valence-electron chi connectivity index (χ3n) is 4.15. The molecule has 0 saturated carbocycles. The fourth-order valence-corrected chi connectivity index (χ4v) is 4.95. The van der Waals surface area contributed by atoms with E-state index < -0.39 is 5.97 Å². The zero-order valence-electron chi connectivity index (χ0n) is 12.8. The normalized spacial score (nSPS) is 16.8. The van der Waals surface area contributed by atoms with Gasteiger partial charge in [0.2, 0.25) is 0 Å². The van der Waals surface area contributed by atoms with E-state index in [4.69, 9.17) is 5.11 Å². The van der Waals surface area contributed by atoms with Crippen LogP contribution >= 0.6 is 23.1 Å². The van der Waals surface area contributed by atoms with Crippen molar-refractivity contribution in [3.8, 4) is 16.6 Å². The highest BCUT2D eigenvalue weighted by Crippen LogP contribution is 2.37. The maximum atomic E-state index is 11.1. The number of thioether (sulfide) groups is 1. The molecule has 5 nitrogen and oxygen atoms in total. The van der Waals surface area contributed by atoms with Crippen LogP contribution < -0.4 is 0 Å². The Morgan fingerprint density at radius 1 is 1.46 bits per heavy atom. The van der Waals surface area contributed by atoms with Crippen molar-refractivity contribution in [1.82, 2.24) is 9.55 Å². The Labute approximate surface area is 146 Å². The fourth-order valence-electron chi connectivity index (χ4n) is 3.17. The molecule has 1 atom stereocenters. The van der Waals surface area contributed by atoms with Gasteiger partial charge >= 0.3 is 5.97 Å². The molecule has 1 aliphatic heterocycles. The minimum Gasteiger partial charge on any atom is -0.477 e. The van der Waals surface area contributed by atoms with Gasteiger partial charge in [-0.2, -0.15) is 17.0 Å². The zero-order valence-corrected chi connectivity index (χ0v) is 14.4. The van der Waals surface area contributed by atoms with Crippen LogP contribution in [-0.2, 0) is 5.75 Å². The van der Waals surface area contributed by atoms with Crippen molar-refractivity contribution < 1.29 is 9.90 Å². The SMILES string of the molecule is CC1CSCc2cc3cc(-c4ncc(C(=O)O)s4)cc(C#N)c3n21. The molecule has 24 heavy (non-hydrogen) atoms. The van der Waals surface area contributed by atoms with Crippen LogP contribution in [0.2, 0.25) is 0 Å². The zero-order chi connectivity index (χ0) is 16.8. The lowest BCUT2D eigenvalue weighted by molar-refractivity contribution is 0.0702. The van der Waals surface area contributed by atoms with E-state index in [1.807, 2.05) is 23.9 Å². The maximum Gasteiger partial charge on any atom is 0.347 e. The Balaban J connectivity index is 1.93. The Morgan fingerprint density at radius 2 is 2.29 bits per heavy atom. The molecule has 0 radical (unpaired) electrons. The topological polar surface area (TPSA) is 78.9 Å². The van der Waals surface area contributed by atoms with Gasteiger partial charge < -0.3 is 9.67 Å². The molecule has 3 heterocycles. The summed E-state index contributed by atoms with van der Waals surface area (Å²) in [5.74, 6) is 1.00. The number of hydrogen-bond acceptors (Lipinski definition) is 5. The van der Waals surface area contributed by atoms with E-state index in [2.05, 4.69) is 28.6 Å². The van der Waals surface area contributed by atoms with Gasteiger partial charge in [0.05, 0.1) is 17.3 Å². The van der Waals surface area contributed by atoms with E-state index in [0.717, 1.165) is 39.3 Å². The summed E-state index contributed by atoms with van der Waals surface area (Å²) >= 11 is 3.03. The second-order valence-corrected chi connectivity index (χ2v) is 7.84. The van der Waals surface area contributed by atoms with Crippen molar-refractivity contribution in [2.75, 3.05) is 5.75 Å². The van der Waals surface area contributed by atoms with Crippen LogP contribution in [-0.4, -0.2) is 26.4 Å². The first-order valence-electron chi connectivity index (χ1n) is 7.43. The first kappa shape index (κ1) is 15.2. The lowest BCUT2D eigenvalue weighted by atomic mass is 10.1. The van der Waals surface area contributed by atoms with Crippen LogP contribution in [0.5, 0.6) is 0 Å². The average Bonchev–Trinajstić information content (AvgIpc) is 3.19. The molecular weight excluding hydrogens is 342 g/mol. The highest BCUT2D eigenvalue weighted by molar-refractivity contribution is 7.98. The number of fused-ring (bicyclic) bond motifs is 3. The standard InChI is InChI=1S/C17H13N3O2S2/c1-9-7-23-8-13-4-10-2-11(3-12(5-18)15(10)20(9)13)16-19-6-14(24-16)17(21)22/h2-4,6,9H,7-8H2,1H3,(H,21,22). The molecule has 0 spiro atoms. The van der Waals surface area contributed by atoms with Gasteiger partial charge in [-0.25, -0.2) is 9.78 Å². The first-order chi connectivity index (χ1) is 11.6. The number of nitriles is 1. The molecule has 120 valence electrons. The third-order valence-corrected chi connectivity index (χ3v) is 6.40. The largest absolute Gasteiger partial charge is 0.477 e. The quantitative estimate of drug-likeness (QED) is 0.747. The number of rotatable bonds is 2. The Morgan fingerprint density at radius 3 is 3.00 bits per heavy atom. The van der Waals surface area contributed by atoms with Crippen LogP contribution in [0.4, 0.5) is 0 Å². The van der Waals surface area contributed by atoms with E-state index in [-0.39, 0.29) is 4.88 Å². The predicted molar refractivity (Wildman–Crippen MR) is 95.6 cm³/mol. The van der Waals surface area contributed by atoms with Gasteiger partial charge in [-0.1, -0.05) is 0 Å². The Bertz CT molecular complexity index is 1010. The predicted octanol–water partition coefficient (Wildman–Crippen LogP) is 4.14. The number of thiazole rings is 1. The highest BCUT2D eigenvalue weighted by Gasteiger charge is 2.22. The number of nitrogens with zero attached hydrogens (tertiary/aromatic N) is 3. The van der Waals surface area contributed by atoms with Crippen LogP contribution in [0.25, 0.3) is 21.5 Å². The van der Waals surface area contributed by atoms with Crippen molar-refractivity contribution in [2.45, 2.75) is 18.7 Å². The van der Waals surface area contributed by atoms with E-state index in [1.54, 1.807) is 0 Å². The summed E-state index contributed by atoms with van der Waals surface area (Å²) < 4.78 is 2.26. The van der Waals surface area contributed by atoms with Crippen molar-refractivity contribution >= 4 is 40.0 Å². The van der Waals surface area contributed by atoms with E-state index in [9.17, 15) is 10.1 Å². The number of hydrogen-bond donors (Lipinski definition) is 1. The number of carbonyl (C=O) groups is 1. The fraction of sp³-hybridized carbons (Fsp3) is 0.235. The Kier molecular flexibility index (Phi) is 3.59. The van der Waals surface area contributed by atoms with Crippen molar-refractivity contribution in [1.29, 1.82) is 5.26 Å². The molecule has 4 rings (SSSR count). The van der Waals surface area contributed by atoms with Crippen LogP contribution in [0.3, 0.4) is 0 Å². The smallest absolute Gasteiger partial charge is 0.347 e. The summed E-state index contributed by atoms with van der Waals surface area (Å²) in [6.45, 7) is 2.17. The Hall–Kier alpha value is -2.30. The molecule has 1 unspecified atom stereocenters. The molecule has 0 amide bonds. The number of carboxylic acids is 1. The highest BCUT2D eigenvalue weighted by atomic mass is 32.2. The third kappa shape index (κ3) is 2.30. The summed E-state index contributed by atoms with van der Waals surface area (Å²) in [5.41, 5.74) is 3.60. The van der Waals surface area contributed by atoms with Gasteiger partial charge in [0.1, 0.15) is 16.0 Å². The lowest BCUT2D eigenvalue weighted by Crippen LogP contribution is -2.15. The van der Waals surface area contributed by atoms with Gasteiger partial charge in [0.15, 0.2) is 0 Å². The van der Waals surface area contributed by atoms with Gasteiger partial charge in [-0.15, -0.1) is 11.3 Å². The number of benzene rings is 1. The minimum absolute atomic E-state index is 0.199. The molecule has 1 aromatic carbocycles. The summed E-state index contributed by atoms with van der Waals surface area (Å²) in [4.78, 5) is 15.5. The maximum absolute atomic E-state index is 11.1. The monoisotopic (exact) mass is 355 g/mol. The molecule has 0 saturated heterocycles. The van der Waals surface area contributed by atoms with Crippen LogP contribution in [0.15, 0.2) is 24.4 Å². The van der Waals surface area contributed by atoms with Crippen molar-refractivity contribution in [3.05, 3.63) is 40.5 Å². The minimum atomic E-state index is -0.981. The van der Waals surface area contributed by atoms with Gasteiger partial charge in [0.25, 0.3) is 0 Å². The summed E-state index contributed by atoms with van der Waals surface area (Å²) in [5, 5.41) is 20.3. The summed E-state index contributed by atoms with van der Waals surface area (Å²) in [6.07, 6.45) is 1.36. The van der Waals surface area contributed by atoms with Crippen LogP contribution in [0.1, 0.15) is 33.9 Å². The molecule has 3 aromatic rings. The molecule has 0 fully saturated rings. The molecule has 0 bridgehead atoms. The molecule has 2 aromatic heterocycles. The lowest BCUT2D eigenvalue weighted by Gasteiger charge is -2.23. The van der Waals surface area contributed by atoms with Gasteiger partial charge in [-0.3, -0.25) is 0 Å². The number of carboxylic acid groups (broad SMARTS) is 1. The van der Waals surface area contributed by atoms with Gasteiger partial charge in [0, 0.05) is 34.2 Å². The van der Waals surface area contributed by atoms with Crippen molar-refractivity contribution in [3.63, 3.8) is 0 Å².